The molecule has 0 aliphatic rings. The number of ether oxygens (including phenoxy) is 2. The third kappa shape index (κ3) is 6.60. The Hall–Kier alpha value is -3.42. The molecular weight excluding hydrogens is 578 g/mol. The minimum absolute atomic E-state index is 0.0406. The average Bonchev–Trinajstić information content (AvgIpc) is 2.93. The van der Waals surface area contributed by atoms with E-state index >= 15 is 0 Å². The van der Waals surface area contributed by atoms with Crippen LogP contribution in [0.1, 0.15) is 55.6 Å². The first-order valence-corrected chi connectivity index (χ1v) is 14.1. The van der Waals surface area contributed by atoms with Crippen LogP contribution in [0.15, 0.2) is 81.6 Å². The molecule has 0 bridgehead atoms. The van der Waals surface area contributed by atoms with E-state index in [1.807, 2.05) is 68.5 Å². The monoisotopic (exact) mass is 607 g/mol. The Balaban J connectivity index is 1.78. The Morgan fingerprint density at radius 1 is 1.13 bits per heavy atom. The summed E-state index contributed by atoms with van der Waals surface area (Å²) >= 11 is 9.80. The quantitative estimate of drug-likeness (QED) is 0.128. The molecule has 0 saturated carbocycles. The molecule has 202 valence electrons. The van der Waals surface area contributed by atoms with E-state index in [4.69, 9.17) is 26.1 Å². The lowest BCUT2D eigenvalue weighted by Gasteiger charge is -2.17. The summed E-state index contributed by atoms with van der Waals surface area (Å²) in [5.41, 5.74) is 2.96. The number of hydrogen-bond donors (Lipinski definition) is 0. The van der Waals surface area contributed by atoms with Gasteiger partial charge in [-0.25, -0.2) is 4.98 Å². The van der Waals surface area contributed by atoms with Gasteiger partial charge in [-0.15, -0.1) is 6.58 Å². The molecule has 0 spiro atoms. The Kier molecular flexibility index (Phi) is 9.59. The fourth-order valence-electron chi connectivity index (χ4n) is 4.16. The second-order valence-corrected chi connectivity index (χ2v) is 10.4. The molecule has 0 unspecified atom stereocenters. The maximum Gasteiger partial charge on any atom is 0.282 e. The molecule has 6 nitrogen and oxygen atoms in total. The molecule has 39 heavy (non-hydrogen) atoms. The van der Waals surface area contributed by atoms with Crippen molar-refractivity contribution >= 4 is 44.6 Å². The van der Waals surface area contributed by atoms with Gasteiger partial charge in [-0.3, -0.25) is 4.79 Å². The minimum atomic E-state index is -0.219. The second kappa shape index (κ2) is 13.1. The normalized spacial score (nSPS) is 12.1. The molecule has 4 aromatic rings. The number of allylic oxidation sites excluding steroid dienone is 1. The lowest BCUT2D eigenvalue weighted by atomic mass is 10.1. The number of rotatable bonds is 11. The maximum atomic E-state index is 13.5. The van der Waals surface area contributed by atoms with Gasteiger partial charge in [-0.2, -0.15) is 9.78 Å². The van der Waals surface area contributed by atoms with E-state index < -0.39 is 0 Å². The number of nitrogens with zero attached hydrogens (tertiary/aromatic N) is 3. The highest BCUT2D eigenvalue weighted by Gasteiger charge is 2.17. The Morgan fingerprint density at radius 2 is 1.92 bits per heavy atom. The van der Waals surface area contributed by atoms with Crippen LogP contribution in [-0.4, -0.2) is 22.5 Å². The first kappa shape index (κ1) is 28.6. The van der Waals surface area contributed by atoms with Gasteiger partial charge in [-0.05, 0) is 61.7 Å². The van der Waals surface area contributed by atoms with Crippen molar-refractivity contribution in [3.63, 3.8) is 0 Å². The van der Waals surface area contributed by atoms with Crippen LogP contribution in [0.25, 0.3) is 10.9 Å². The summed E-state index contributed by atoms with van der Waals surface area (Å²) in [4.78, 5) is 18.3. The first-order valence-electron chi connectivity index (χ1n) is 12.9. The van der Waals surface area contributed by atoms with Gasteiger partial charge in [0.1, 0.15) is 12.4 Å². The zero-order valence-corrected chi connectivity index (χ0v) is 24.6. The summed E-state index contributed by atoms with van der Waals surface area (Å²) in [7, 11) is 0. The van der Waals surface area contributed by atoms with E-state index in [0.717, 1.165) is 27.6 Å². The van der Waals surface area contributed by atoms with E-state index in [2.05, 4.69) is 34.5 Å². The predicted octanol–water partition coefficient (Wildman–Crippen LogP) is 7.91. The van der Waals surface area contributed by atoms with E-state index in [0.29, 0.717) is 52.9 Å². The molecule has 0 saturated heterocycles. The Morgan fingerprint density at radius 3 is 2.64 bits per heavy atom. The number of hydrogen-bond acceptors (Lipinski definition) is 5. The fourth-order valence-corrected chi connectivity index (χ4v) is 4.71. The van der Waals surface area contributed by atoms with Crippen LogP contribution >= 0.6 is 27.5 Å². The number of halogens is 2. The molecule has 0 N–H and O–H groups in total. The fraction of sp³-hybridized carbons (Fsp3) is 0.258. The van der Waals surface area contributed by atoms with E-state index in [9.17, 15) is 4.79 Å². The lowest BCUT2D eigenvalue weighted by Crippen LogP contribution is -2.23. The van der Waals surface area contributed by atoms with E-state index in [-0.39, 0.29) is 11.5 Å². The summed E-state index contributed by atoms with van der Waals surface area (Å²) in [6.45, 7) is 10.7. The molecule has 4 rings (SSSR count). The summed E-state index contributed by atoms with van der Waals surface area (Å²) in [6, 6.07) is 16.9. The molecule has 0 aliphatic heterocycles. The molecule has 0 aliphatic carbocycles. The number of aromatic nitrogens is 2. The van der Waals surface area contributed by atoms with Crippen LogP contribution in [0.2, 0.25) is 5.02 Å². The molecule has 8 heteroatoms. The molecule has 0 amide bonds. The van der Waals surface area contributed by atoms with Crippen LogP contribution < -0.4 is 15.0 Å². The molecule has 3 aromatic carbocycles. The highest BCUT2D eigenvalue weighted by Crippen LogP contribution is 2.35. The summed E-state index contributed by atoms with van der Waals surface area (Å²) in [6.07, 6.45) is 4.85. The van der Waals surface area contributed by atoms with Gasteiger partial charge >= 0.3 is 0 Å². The van der Waals surface area contributed by atoms with Crippen molar-refractivity contribution in [3.8, 4) is 11.5 Å². The van der Waals surface area contributed by atoms with Crippen LogP contribution in [0.3, 0.4) is 0 Å². The van der Waals surface area contributed by atoms with Crippen LogP contribution in [0.4, 0.5) is 0 Å². The summed E-state index contributed by atoms with van der Waals surface area (Å²) in [5, 5.41) is 5.76. The van der Waals surface area contributed by atoms with Gasteiger partial charge in [0.05, 0.1) is 23.7 Å². The van der Waals surface area contributed by atoms with Crippen molar-refractivity contribution in [2.75, 3.05) is 6.61 Å². The highest BCUT2D eigenvalue weighted by atomic mass is 79.9. The van der Waals surface area contributed by atoms with Gasteiger partial charge < -0.3 is 9.47 Å². The molecular formula is C31H31BrClN3O3. The SMILES string of the molecule is C=CCc1cc(C=Nn2c([C@@H](C)CC)nc3ccc(Br)cc3c2=O)cc(OCC)c1OCc1ccccc1Cl. The average molecular weight is 609 g/mol. The largest absolute Gasteiger partial charge is 0.490 e. The Labute approximate surface area is 242 Å². The van der Waals surface area contributed by atoms with Gasteiger partial charge in [0.2, 0.25) is 0 Å². The highest BCUT2D eigenvalue weighted by molar-refractivity contribution is 9.10. The van der Waals surface area contributed by atoms with Crippen LogP contribution in [0, 0.1) is 0 Å². The van der Waals surface area contributed by atoms with Crippen LogP contribution in [-0.2, 0) is 13.0 Å². The van der Waals surface area contributed by atoms with Crippen molar-refractivity contribution < 1.29 is 9.47 Å². The first-order chi connectivity index (χ1) is 18.9. The molecule has 1 heterocycles. The third-order valence-electron chi connectivity index (χ3n) is 6.36. The molecule has 1 aromatic heterocycles. The van der Waals surface area contributed by atoms with Gasteiger partial charge in [-0.1, -0.05) is 65.7 Å². The van der Waals surface area contributed by atoms with E-state index in [1.165, 1.54) is 4.68 Å². The van der Waals surface area contributed by atoms with E-state index in [1.54, 1.807) is 12.3 Å². The van der Waals surface area contributed by atoms with Crippen molar-refractivity contribution in [3.05, 3.63) is 110 Å². The van der Waals surface area contributed by atoms with Gasteiger partial charge in [0.15, 0.2) is 11.5 Å². The third-order valence-corrected chi connectivity index (χ3v) is 7.22. The smallest absolute Gasteiger partial charge is 0.282 e. The zero-order valence-electron chi connectivity index (χ0n) is 22.3. The molecule has 0 fully saturated rings. The van der Waals surface area contributed by atoms with Crippen molar-refractivity contribution in [1.82, 2.24) is 9.66 Å². The zero-order chi connectivity index (χ0) is 27.9. The van der Waals surface area contributed by atoms with Gasteiger partial charge in [0.25, 0.3) is 5.56 Å². The number of benzene rings is 3. The maximum absolute atomic E-state index is 13.5. The van der Waals surface area contributed by atoms with Crippen LogP contribution in [0.5, 0.6) is 11.5 Å². The minimum Gasteiger partial charge on any atom is -0.490 e. The number of fused-ring (bicyclic) bond motifs is 1. The molecule has 0 radical (unpaired) electrons. The summed E-state index contributed by atoms with van der Waals surface area (Å²) < 4.78 is 14.4. The van der Waals surface area contributed by atoms with Crippen molar-refractivity contribution in [1.29, 1.82) is 0 Å². The van der Waals surface area contributed by atoms with Crippen molar-refractivity contribution in [2.45, 2.75) is 46.1 Å². The van der Waals surface area contributed by atoms with Crippen molar-refractivity contribution in [2.24, 2.45) is 5.10 Å². The lowest BCUT2D eigenvalue weighted by molar-refractivity contribution is 0.267. The topological polar surface area (TPSA) is 65.7 Å². The Bertz CT molecular complexity index is 1580. The summed E-state index contributed by atoms with van der Waals surface area (Å²) in [5.74, 6) is 1.87. The predicted molar refractivity (Wildman–Crippen MR) is 163 cm³/mol. The standard InChI is InChI=1S/C31H31BrClN3O3/c1-5-10-22-15-21(16-28(38-7-3)29(22)39-19-23-11-8-9-12-26(23)33)18-34-36-30(20(4)6-2)35-27-14-13-24(32)17-25(27)31(36)37/h5,8-9,11-18,20H,1,6-7,10,19H2,2-4H3/t20-/m0/s1. The van der Waals surface area contributed by atoms with Gasteiger partial charge in [0, 0.05) is 26.5 Å². The molecule has 1 atom stereocenters. The second-order valence-electron chi connectivity index (χ2n) is 9.12.